The third-order valence-corrected chi connectivity index (χ3v) is 37.8. The number of hydrogen-bond acceptors (Lipinski definition) is 0. The Morgan fingerprint density at radius 2 is 1.02 bits per heavy atom. The molecule has 6 rings (SSSR count). The van der Waals surface area contributed by atoms with E-state index in [1.165, 1.54) is 70.2 Å². The van der Waals surface area contributed by atoms with Gasteiger partial charge in [0.05, 0.1) is 0 Å². The van der Waals surface area contributed by atoms with Crippen molar-refractivity contribution in [3.05, 3.63) is 130 Å². The van der Waals surface area contributed by atoms with Gasteiger partial charge in [0.2, 0.25) is 0 Å². The van der Waals surface area contributed by atoms with E-state index in [0.29, 0.717) is 7.35 Å². The van der Waals surface area contributed by atoms with E-state index in [4.69, 9.17) is 0 Å². The molecule has 0 heterocycles. The van der Waals surface area contributed by atoms with Gasteiger partial charge in [0.1, 0.15) is 0 Å². The van der Waals surface area contributed by atoms with Crippen molar-refractivity contribution in [3.63, 3.8) is 0 Å². The zero-order valence-electron chi connectivity index (χ0n) is 26.4. The second kappa shape index (κ2) is 11.3. The van der Waals surface area contributed by atoms with E-state index >= 15 is 0 Å². The van der Waals surface area contributed by atoms with Crippen LogP contribution in [0.2, 0.25) is 9.36 Å². The molecule has 4 aromatic carbocycles. The molecule has 0 saturated carbocycles. The van der Waals surface area contributed by atoms with Gasteiger partial charge in [0, 0.05) is 0 Å². The molecule has 42 heavy (non-hydrogen) atoms. The van der Waals surface area contributed by atoms with Crippen LogP contribution in [0.1, 0.15) is 80.3 Å². The first-order valence-corrected chi connectivity index (χ1v) is 29.2. The Labute approximate surface area is 254 Å². The second-order valence-corrected chi connectivity index (χ2v) is 39.5. The summed E-state index contributed by atoms with van der Waals surface area (Å²) in [7, 11) is 0. The van der Waals surface area contributed by atoms with E-state index in [1.54, 1.807) is 11.1 Å². The fourth-order valence-corrected chi connectivity index (χ4v) is 34.1. The molecule has 2 aliphatic rings. The van der Waals surface area contributed by atoms with Crippen LogP contribution in [0.4, 0.5) is 0 Å². The molecule has 0 amide bonds. The maximum atomic E-state index is 2.82. The molecule has 0 nitrogen and oxygen atoms in total. The summed E-state index contributed by atoms with van der Waals surface area (Å²) >= 11 is -4.02. The Hall–Kier alpha value is -2.90. The van der Waals surface area contributed by atoms with E-state index in [0.717, 1.165) is 0 Å². The van der Waals surface area contributed by atoms with E-state index in [1.807, 2.05) is 3.26 Å². The van der Waals surface area contributed by atoms with Gasteiger partial charge in [-0.25, -0.2) is 0 Å². The Morgan fingerprint density at radius 1 is 0.595 bits per heavy atom. The minimum absolute atomic E-state index is 0.498. The molecule has 0 aromatic heterocycles. The Morgan fingerprint density at radius 3 is 1.43 bits per heavy atom. The zero-order chi connectivity index (χ0) is 29.5. The molecular weight excluding hydrogens is 671 g/mol. The van der Waals surface area contributed by atoms with Crippen molar-refractivity contribution in [2.45, 2.75) is 70.1 Å². The first kappa shape index (κ1) is 29.2. The first-order chi connectivity index (χ1) is 20.3. The fraction of sp³-hybridized carbons (Fsp3) is 0.293. The SMILES string of the molecule is CCC[C](CCC)=[Hf]([CH3])([CH3])([CH]1C=Cc2c(-c3cccc(C)c3)cccc21)[CH]1C=Cc2c(-c3cccc(C)c3)cccc21. The number of benzene rings is 4. The van der Waals surface area contributed by atoms with E-state index in [2.05, 4.69) is 146 Å². The van der Waals surface area contributed by atoms with Crippen LogP contribution < -0.4 is 0 Å². The van der Waals surface area contributed by atoms with Crippen LogP contribution >= 0.6 is 0 Å². The molecule has 214 valence electrons. The van der Waals surface area contributed by atoms with Crippen LogP contribution in [0.3, 0.4) is 0 Å². The summed E-state index contributed by atoms with van der Waals surface area (Å²) in [5.74, 6) is 0. The molecule has 1 heteroatoms. The van der Waals surface area contributed by atoms with Crippen LogP contribution in [-0.4, -0.2) is 3.26 Å². The van der Waals surface area contributed by atoms with Crippen molar-refractivity contribution in [3.8, 4) is 22.3 Å². The zero-order valence-corrected chi connectivity index (χ0v) is 30.0. The van der Waals surface area contributed by atoms with Crippen LogP contribution in [0, 0.1) is 13.8 Å². The van der Waals surface area contributed by atoms with Crippen LogP contribution in [0.5, 0.6) is 0 Å². The molecule has 2 aliphatic carbocycles. The predicted octanol–water partition coefficient (Wildman–Crippen LogP) is 12.0. The number of fused-ring (bicyclic) bond motifs is 2. The second-order valence-electron chi connectivity index (χ2n) is 13.7. The summed E-state index contributed by atoms with van der Waals surface area (Å²) < 4.78 is 8.57. The van der Waals surface area contributed by atoms with Gasteiger partial charge in [-0.3, -0.25) is 0 Å². The predicted molar refractivity (Wildman–Crippen MR) is 183 cm³/mol. The topological polar surface area (TPSA) is 0 Å². The van der Waals surface area contributed by atoms with Crippen LogP contribution in [0.25, 0.3) is 34.4 Å². The van der Waals surface area contributed by atoms with Gasteiger partial charge in [0.25, 0.3) is 0 Å². The van der Waals surface area contributed by atoms with Gasteiger partial charge in [-0.05, 0) is 0 Å². The summed E-state index contributed by atoms with van der Waals surface area (Å²) in [6.45, 7) is 9.17. The molecule has 2 atom stereocenters. The van der Waals surface area contributed by atoms with E-state index < -0.39 is 18.0 Å². The van der Waals surface area contributed by atoms with Crippen molar-refractivity contribution in [1.29, 1.82) is 0 Å². The molecule has 0 aliphatic heterocycles. The quantitative estimate of drug-likeness (QED) is 0.159. The van der Waals surface area contributed by atoms with Crippen LogP contribution in [-0.2, 0) is 18.0 Å². The van der Waals surface area contributed by atoms with Gasteiger partial charge < -0.3 is 0 Å². The summed E-state index contributed by atoms with van der Waals surface area (Å²) in [5, 5.41) is 0. The molecule has 0 saturated heterocycles. The molecule has 0 bridgehead atoms. The van der Waals surface area contributed by atoms with Gasteiger partial charge >= 0.3 is 256 Å². The normalized spacial score (nSPS) is 17.4. The average Bonchev–Trinajstić information content (AvgIpc) is 3.63. The molecule has 4 aromatic rings. The van der Waals surface area contributed by atoms with Crippen molar-refractivity contribution in [1.82, 2.24) is 0 Å². The molecule has 0 radical (unpaired) electrons. The van der Waals surface area contributed by atoms with E-state index in [-0.39, 0.29) is 0 Å². The molecule has 2 unspecified atom stereocenters. The Kier molecular flexibility index (Phi) is 7.86. The van der Waals surface area contributed by atoms with Crippen LogP contribution in [0.15, 0.2) is 97.1 Å². The molecule has 0 fully saturated rings. The number of hydrogen-bond donors (Lipinski definition) is 0. The van der Waals surface area contributed by atoms with Gasteiger partial charge in [-0.1, -0.05) is 0 Å². The number of allylic oxidation sites excluding steroid dienone is 2. The molecule has 0 spiro atoms. The summed E-state index contributed by atoms with van der Waals surface area (Å²) in [4.78, 5) is 0. The Bertz CT molecular complexity index is 1660. The van der Waals surface area contributed by atoms with Crippen molar-refractivity contribution in [2.75, 3.05) is 0 Å². The maximum absolute atomic E-state index is 4.02. The third-order valence-electron chi connectivity index (χ3n) is 10.7. The van der Waals surface area contributed by atoms with Crippen molar-refractivity contribution < 1.29 is 18.0 Å². The van der Waals surface area contributed by atoms with Crippen molar-refractivity contribution in [2.24, 2.45) is 0 Å². The number of aryl methyl sites for hydroxylation is 2. The van der Waals surface area contributed by atoms with Gasteiger partial charge in [-0.15, -0.1) is 0 Å². The summed E-state index contributed by atoms with van der Waals surface area (Å²) in [6, 6.07) is 32.3. The Balaban J connectivity index is 1.58. The standard InChI is InChI=1S/2C16H13.C7H14.2CH3.Hf/c2*1-12-5-2-8-14(11-12)16-10-4-7-13-6-3-9-15(13)16;1-3-5-7-6-4-2;;;/h2*2-11H,1H3;3-6H2,1-2H3;2*1H3;. The van der Waals surface area contributed by atoms with Crippen molar-refractivity contribution >= 4 is 15.4 Å². The average molecular weight is 717 g/mol. The first-order valence-electron chi connectivity index (χ1n) is 16.1. The molecule has 0 N–H and O–H groups in total. The monoisotopic (exact) mass is 718 g/mol. The third kappa shape index (κ3) is 4.73. The minimum atomic E-state index is -4.02. The van der Waals surface area contributed by atoms with E-state index in [9.17, 15) is 0 Å². The molecular formula is C41H46Hf. The number of rotatable bonds is 8. The van der Waals surface area contributed by atoms with Gasteiger partial charge in [0.15, 0.2) is 0 Å². The summed E-state index contributed by atoms with van der Waals surface area (Å²) in [6.07, 6.45) is 15.2. The van der Waals surface area contributed by atoms with Gasteiger partial charge in [-0.2, -0.15) is 0 Å². The fourth-order valence-electron chi connectivity index (χ4n) is 8.50. The summed E-state index contributed by atoms with van der Waals surface area (Å²) in [5.41, 5.74) is 14.1.